The molecule has 3 N–H and O–H groups in total. The highest BCUT2D eigenvalue weighted by Gasteiger charge is 2.13. The van der Waals surface area contributed by atoms with E-state index in [1.165, 1.54) is 6.07 Å². The predicted molar refractivity (Wildman–Crippen MR) is 65.2 cm³/mol. The minimum atomic E-state index is -1.31. The van der Waals surface area contributed by atoms with Crippen LogP contribution in [0.2, 0.25) is 0 Å². The van der Waals surface area contributed by atoms with Gasteiger partial charge in [-0.15, -0.1) is 6.58 Å². The highest BCUT2D eigenvalue weighted by atomic mass is 19.1. The van der Waals surface area contributed by atoms with Crippen LogP contribution in [0.15, 0.2) is 30.9 Å². The molecule has 0 radical (unpaired) electrons. The normalized spacial score (nSPS) is 9.61. The van der Waals surface area contributed by atoms with Gasteiger partial charge in [0.05, 0.1) is 11.3 Å². The van der Waals surface area contributed by atoms with Gasteiger partial charge in [0, 0.05) is 6.54 Å². The van der Waals surface area contributed by atoms with E-state index in [0.717, 1.165) is 12.1 Å². The van der Waals surface area contributed by atoms with Crippen molar-refractivity contribution in [2.24, 2.45) is 0 Å². The lowest BCUT2D eigenvalue weighted by molar-refractivity contribution is 0.0697. The Kier molecular flexibility index (Phi) is 4.86. The maximum atomic E-state index is 12.9. The molecule has 6 heteroatoms. The second kappa shape index (κ2) is 6.39. The number of carboxylic acid groups (broad SMARTS) is 1. The quantitative estimate of drug-likeness (QED) is 0.555. The molecule has 0 unspecified atom stereocenters. The average molecular weight is 252 g/mol. The first-order valence-electron chi connectivity index (χ1n) is 5.23. The Labute approximate surface area is 103 Å². The molecule has 0 atom stereocenters. The molecular weight excluding hydrogens is 239 g/mol. The molecule has 0 heterocycles. The van der Waals surface area contributed by atoms with Crippen LogP contribution >= 0.6 is 0 Å². The number of carboxylic acids is 1. The van der Waals surface area contributed by atoms with Crippen molar-refractivity contribution in [1.29, 1.82) is 0 Å². The second-order valence-electron chi connectivity index (χ2n) is 3.45. The molecule has 1 rings (SSSR count). The zero-order valence-electron chi connectivity index (χ0n) is 9.57. The zero-order valence-corrected chi connectivity index (χ0v) is 9.57. The summed E-state index contributed by atoms with van der Waals surface area (Å²) in [5.74, 6) is -1.99. The van der Waals surface area contributed by atoms with E-state index in [9.17, 15) is 14.0 Å². The molecular formula is C12H13FN2O3. The number of anilines is 1. The molecule has 2 amide bonds. The minimum absolute atomic E-state index is 0.0417. The molecule has 0 aliphatic carbocycles. The summed E-state index contributed by atoms with van der Waals surface area (Å²) in [6.07, 6.45) is 2.24. The first-order valence-corrected chi connectivity index (χ1v) is 5.23. The van der Waals surface area contributed by atoms with Crippen LogP contribution < -0.4 is 10.6 Å². The highest BCUT2D eigenvalue weighted by Crippen LogP contribution is 2.16. The highest BCUT2D eigenvalue weighted by molar-refractivity contribution is 5.99. The van der Waals surface area contributed by atoms with E-state index in [2.05, 4.69) is 17.2 Å². The van der Waals surface area contributed by atoms with Gasteiger partial charge >= 0.3 is 12.0 Å². The number of carbonyl (C=O) groups is 2. The SMILES string of the molecule is C=CCCNC(=O)Nc1ccc(F)cc1C(=O)O. The van der Waals surface area contributed by atoms with E-state index in [-0.39, 0.29) is 11.3 Å². The molecule has 0 saturated heterocycles. The molecule has 0 aliphatic rings. The van der Waals surface area contributed by atoms with Gasteiger partial charge in [0.2, 0.25) is 0 Å². The maximum absolute atomic E-state index is 12.9. The van der Waals surface area contributed by atoms with Gasteiger partial charge < -0.3 is 15.7 Å². The van der Waals surface area contributed by atoms with Gasteiger partial charge in [0.1, 0.15) is 5.82 Å². The Hall–Kier alpha value is -2.37. The molecule has 0 aliphatic heterocycles. The van der Waals surface area contributed by atoms with Gasteiger partial charge in [-0.3, -0.25) is 0 Å². The van der Waals surface area contributed by atoms with Gasteiger partial charge in [0.25, 0.3) is 0 Å². The Balaban J connectivity index is 2.74. The van der Waals surface area contributed by atoms with Crippen molar-refractivity contribution in [3.05, 3.63) is 42.2 Å². The third-order valence-electron chi connectivity index (χ3n) is 2.09. The number of aromatic carboxylic acids is 1. The molecule has 0 saturated carbocycles. The lowest BCUT2D eigenvalue weighted by Crippen LogP contribution is -2.30. The second-order valence-corrected chi connectivity index (χ2v) is 3.45. The van der Waals surface area contributed by atoms with Crippen molar-refractivity contribution in [2.45, 2.75) is 6.42 Å². The third kappa shape index (κ3) is 3.89. The molecule has 0 spiro atoms. The third-order valence-corrected chi connectivity index (χ3v) is 2.09. The Morgan fingerprint density at radius 3 is 2.78 bits per heavy atom. The standard InChI is InChI=1S/C12H13FN2O3/c1-2-3-6-14-12(18)15-10-5-4-8(13)7-9(10)11(16)17/h2,4-5,7H,1,3,6H2,(H,16,17)(H2,14,15,18). The number of halogens is 1. The van der Waals surface area contributed by atoms with Crippen molar-refractivity contribution >= 4 is 17.7 Å². The smallest absolute Gasteiger partial charge is 0.337 e. The monoisotopic (exact) mass is 252 g/mol. The molecule has 5 nitrogen and oxygen atoms in total. The van der Waals surface area contributed by atoms with Gasteiger partial charge in [-0.1, -0.05) is 6.08 Å². The fourth-order valence-corrected chi connectivity index (χ4v) is 1.26. The van der Waals surface area contributed by atoms with Gasteiger partial charge in [-0.05, 0) is 24.6 Å². The summed E-state index contributed by atoms with van der Waals surface area (Å²) in [6.45, 7) is 3.89. The maximum Gasteiger partial charge on any atom is 0.337 e. The van der Waals surface area contributed by atoms with Crippen LogP contribution in [-0.4, -0.2) is 23.7 Å². The van der Waals surface area contributed by atoms with Gasteiger partial charge in [-0.2, -0.15) is 0 Å². The summed E-state index contributed by atoms with van der Waals surface area (Å²) in [5, 5.41) is 13.7. The Morgan fingerprint density at radius 2 is 2.17 bits per heavy atom. The van der Waals surface area contributed by atoms with Crippen LogP contribution in [0.25, 0.3) is 0 Å². The van der Waals surface area contributed by atoms with Crippen molar-refractivity contribution < 1.29 is 19.1 Å². The van der Waals surface area contributed by atoms with E-state index >= 15 is 0 Å². The van der Waals surface area contributed by atoms with Crippen LogP contribution in [-0.2, 0) is 0 Å². The van der Waals surface area contributed by atoms with Crippen molar-refractivity contribution in [2.75, 3.05) is 11.9 Å². The van der Waals surface area contributed by atoms with Crippen molar-refractivity contribution in [1.82, 2.24) is 5.32 Å². The number of rotatable bonds is 5. The summed E-state index contributed by atoms with van der Waals surface area (Å²) in [4.78, 5) is 22.3. The Morgan fingerprint density at radius 1 is 1.44 bits per heavy atom. The fourth-order valence-electron chi connectivity index (χ4n) is 1.26. The van der Waals surface area contributed by atoms with Crippen LogP contribution in [0.5, 0.6) is 0 Å². The Bertz CT molecular complexity index is 474. The molecule has 1 aromatic rings. The molecule has 96 valence electrons. The average Bonchev–Trinajstić information content (AvgIpc) is 2.31. The minimum Gasteiger partial charge on any atom is -0.478 e. The van der Waals surface area contributed by atoms with Crippen LogP contribution in [0.3, 0.4) is 0 Å². The first-order chi connectivity index (χ1) is 8.54. The number of benzene rings is 1. The van der Waals surface area contributed by atoms with Crippen molar-refractivity contribution in [3.63, 3.8) is 0 Å². The molecule has 0 bridgehead atoms. The topological polar surface area (TPSA) is 78.4 Å². The van der Waals surface area contributed by atoms with E-state index in [0.29, 0.717) is 13.0 Å². The van der Waals surface area contributed by atoms with Gasteiger partial charge in [-0.25, -0.2) is 14.0 Å². The summed E-state index contributed by atoms with van der Waals surface area (Å²) < 4.78 is 12.9. The van der Waals surface area contributed by atoms with Crippen LogP contribution in [0.1, 0.15) is 16.8 Å². The summed E-state index contributed by atoms with van der Waals surface area (Å²) in [6, 6.07) is 2.57. The molecule has 1 aromatic carbocycles. The number of carbonyl (C=O) groups excluding carboxylic acids is 1. The predicted octanol–water partition coefficient (Wildman–Crippen LogP) is 2.22. The number of hydrogen-bond donors (Lipinski definition) is 3. The zero-order chi connectivity index (χ0) is 13.5. The van der Waals surface area contributed by atoms with Gasteiger partial charge in [0.15, 0.2) is 0 Å². The fraction of sp³-hybridized carbons (Fsp3) is 0.167. The van der Waals surface area contributed by atoms with Crippen molar-refractivity contribution in [3.8, 4) is 0 Å². The number of amides is 2. The summed E-state index contributed by atoms with van der Waals surface area (Å²) in [7, 11) is 0. The number of urea groups is 1. The van der Waals surface area contributed by atoms with E-state index < -0.39 is 17.8 Å². The van der Waals surface area contributed by atoms with E-state index in [1.54, 1.807) is 6.08 Å². The summed E-state index contributed by atoms with van der Waals surface area (Å²) >= 11 is 0. The molecule has 18 heavy (non-hydrogen) atoms. The van der Waals surface area contributed by atoms with E-state index in [4.69, 9.17) is 5.11 Å². The number of hydrogen-bond acceptors (Lipinski definition) is 2. The lowest BCUT2D eigenvalue weighted by Gasteiger charge is -2.09. The molecule has 0 fully saturated rings. The number of nitrogens with one attached hydrogen (secondary N) is 2. The first kappa shape index (κ1) is 13.7. The summed E-state index contributed by atoms with van der Waals surface area (Å²) in [5.41, 5.74) is -0.256. The largest absolute Gasteiger partial charge is 0.478 e. The van der Waals surface area contributed by atoms with Crippen LogP contribution in [0, 0.1) is 5.82 Å². The van der Waals surface area contributed by atoms with Crippen LogP contribution in [0.4, 0.5) is 14.9 Å². The lowest BCUT2D eigenvalue weighted by atomic mass is 10.2. The van der Waals surface area contributed by atoms with E-state index in [1.807, 2.05) is 0 Å². The molecule has 0 aromatic heterocycles.